The molecule has 0 aliphatic heterocycles. The topological polar surface area (TPSA) is 129 Å². The molecule has 0 saturated carbocycles. The molecule has 0 unspecified atom stereocenters. The van der Waals surface area contributed by atoms with Gasteiger partial charge in [-0.2, -0.15) is 0 Å². The van der Waals surface area contributed by atoms with E-state index in [1.807, 2.05) is 13.8 Å². The lowest BCUT2D eigenvalue weighted by molar-refractivity contribution is -0.128. The third-order valence-corrected chi connectivity index (χ3v) is 5.01. The molecule has 1 aromatic heterocycles. The SMILES string of the molecule is CC.CC(C)C.CCNC(=O)[C@@H](C)C[C@H](NC(=O)CNC(=O)c1cc2c(OC)cccc2[nH]1)C(=O)CCl. The van der Waals surface area contributed by atoms with Gasteiger partial charge in [-0.3, -0.25) is 19.2 Å². The number of Topliss-reactive ketones (excluding diaryl/α,β-unsaturated/α-hetero) is 1. The van der Waals surface area contributed by atoms with Gasteiger partial charge in [0.15, 0.2) is 5.78 Å². The Morgan fingerprint density at radius 2 is 1.68 bits per heavy atom. The quantitative estimate of drug-likeness (QED) is 0.321. The van der Waals surface area contributed by atoms with Crippen LogP contribution in [0.4, 0.5) is 0 Å². The summed E-state index contributed by atoms with van der Waals surface area (Å²) in [5.41, 5.74) is 0.992. The van der Waals surface area contributed by atoms with Crippen LogP contribution >= 0.6 is 11.6 Å². The minimum Gasteiger partial charge on any atom is -0.496 e. The maximum Gasteiger partial charge on any atom is 0.268 e. The zero-order chi connectivity index (χ0) is 28.5. The van der Waals surface area contributed by atoms with Crippen LogP contribution in [0.15, 0.2) is 24.3 Å². The van der Waals surface area contributed by atoms with Crippen LogP contribution in [-0.2, 0) is 14.4 Å². The zero-order valence-corrected chi connectivity index (χ0v) is 24.0. The van der Waals surface area contributed by atoms with Crippen LogP contribution in [0.1, 0.15) is 65.4 Å². The number of benzene rings is 1. The molecule has 1 aromatic carbocycles. The fourth-order valence-corrected chi connectivity index (χ4v) is 3.29. The summed E-state index contributed by atoms with van der Waals surface area (Å²) in [5, 5.41) is 8.47. The highest BCUT2D eigenvalue weighted by Crippen LogP contribution is 2.25. The average Bonchev–Trinajstić information content (AvgIpc) is 3.32. The van der Waals surface area contributed by atoms with Crippen molar-refractivity contribution in [2.45, 2.75) is 60.9 Å². The maximum absolute atomic E-state index is 12.4. The van der Waals surface area contributed by atoms with Crippen molar-refractivity contribution in [3.05, 3.63) is 30.0 Å². The average molecular weight is 539 g/mol. The van der Waals surface area contributed by atoms with Gasteiger partial charge in [0.1, 0.15) is 11.4 Å². The first kappa shape index (κ1) is 33.9. The van der Waals surface area contributed by atoms with E-state index in [1.54, 1.807) is 38.1 Å². The molecule has 9 nitrogen and oxygen atoms in total. The first-order valence-electron chi connectivity index (χ1n) is 12.6. The van der Waals surface area contributed by atoms with Gasteiger partial charge >= 0.3 is 0 Å². The summed E-state index contributed by atoms with van der Waals surface area (Å²) >= 11 is 5.64. The van der Waals surface area contributed by atoms with Gasteiger partial charge in [-0.1, -0.05) is 47.6 Å². The summed E-state index contributed by atoms with van der Waals surface area (Å²) in [6.45, 7) is 14.1. The Labute approximate surface area is 225 Å². The molecule has 0 aliphatic rings. The van der Waals surface area contributed by atoms with Crippen molar-refractivity contribution in [3.63, 3.8) is 0 Å². The summed E-state index contributed by atoms with van der Waals surface area (Å²) in [6, 6.07) is 6.09. The lowest BCUT2D eigenvalue weighted by Gasteiger charge is -2.20. The Morgan fingerprint density at radius 1 is 1.05 bits per heavy atom. The predicted octanol–water partition coefficient (Wildman–Crippen LogP) is 4.05. The van der Waals surface area contributed by atoms with Gasteiger partial charge in [0.05, 0.1) is 25.6 Å². The van der Waals surface area contributed by atoms with Crippen LogP contribution < -0.4 is 20.7 Å². The second kappa shape index (κ2) is 18.2. The van der Waals surface area contributed by atoms with E-state index in [-0.39, 0.29) is 30.4 Å². The zero-order valence-electron chi connectivity index (χ0n) is 23.3. The second-order valence-electron chi connectivity index (χ2n) is 8.77. The summed E-state index contributed by atoms with van der Waals surface area (Å²) < 4.78 is 5.27. The lowest BCUT2D eigenvalue weighted by Crippen LogP contribution is -2.47. The Bertz CT molecular complexity index is 1000. The van der Waals surface area contributed by atoms with Crippen molar-refractivity contribution in [2.24, 2.45) is 11.8 Å². The molecule has 0 saturated heterocycles. The van der Waals surface area contributed by atoms with Gasteiger partial charge in [-0.25, -0.2) is 0 Å². The Hall–Kier alpha value is -3.07. The molecule has 0 spiro atoms. The van der Waals surface area contributed by atoms with Crippen LogP contribution in [0.25, 0.3) is 10.9 Å². The number of hydrogen-bond acceptors (Lipinski definition) is 5. The largest absolute Gasteiger partial charge is 0.496 e. The normalized spacial score (nSPS) is 11.7. The number of aromatic nitrogens is 1. The first-order valence-corrected chi connectivity index (χ1v) is 13.2. The van der Waals surface area contributed by atoms with E-state index in [0.29, 0.717) is 12.3 Å². The van der Waals surface area contributed by atoms with Crippen molar-refractivity contribution in [2.75, 3.05) is 26.1 Å². The van der Waals surface area contributed by atoms with E-state index in [4.69, 9.17) is 16.3 Å². The van der Waals surface area contributed by atoms with Crippen LogP contribution in [-0.4, -0.2) is 60.6 Å². The summed E-state index contributed by atoms with van der Waals surface area (Å²) in [4.78, 5) is 51.7. The van der Waals surface area contributed by atoms with Gasteiger partial charge in [-0.05, 0) is 37.5 Å². The van der Waals surface area contributed by atoms with Crippen LogP contribution in [0.3, 0.4) is 0 Å². The number of hydrogen-bond donors (Lipinski definition) is 4. The fraction of sp³-hybridized carbons (Fsp3) is 0.556. The van der Waals surface area contributed by atoms with E-state index in [1.165, 1.54) is 7.11 Å². The molecule has 10 heteroatoms. The van der Waals surface area contributed by atoms with Crippen molar-refractivity contribution >= 4 is 46.0 Å². The molecule has 0 radical (unpaired) electrons. The molecule has 4 N–H and O–H groups in total. The Morgan fingerprint density at radius 3 is 2.22 bits per heavy atom. The summed E-state index contributed by atoms with van der Waals surface area (Å²) in [7, 11) is 1.54. The summed E-state index contributed by atoms with van der Waals surface area (Å²) in [5.74, 6) is -0.997. The van der Waals surface area contributed by atoms with Gasteiger partial charge in [0.2, 0.25) is 11.8 Å². The number of ether oxygens (including phenoxy) is 1. The number of ketones is 1. The van der Waals surface area contributed by atoms with Gasteiger partial charge in [-0.15, -0.1) is 11.6 Å². The Kier molecular flexibility index (Phi) is 16.7. The number of methoxy groups -OCH3 is 1. The maximum atomic E-state index is 12.4. The molecular weight excluding hydrogens is 496 g/mol. The number of rotatable bonds is 11. The highest BCUT2D eigenvalue weighted by Gasteiger charge is 2.25. The molecule has 208 valence electrons. The van der Waals surface area contributed by atoms with E-state index in [9.17, 15) is 19.2 Å². The smallest absolute Gasteiger partial charge is 0.268 e. The van der Waals surface area contributed by atoms with Crippen LogP contribution in [0.2, 0.25) is 0 Å². The van der Waals surface area contributed by atoms with Gasteiger partial charge in [0, 0.05) is 23.4 Å². The molecular formula is C27H43ClN4O5. The predicted molar refractivity (Wildman–Crippen MR) is 149 cm³/mol. The number of aromatic amines is 1. The first-order chi connectivity index (χ1) is 17.5. The van der Waals surface area contributed by atoms with Crippen molar-refractivity contribution in [3.8, 4) is 5.75 Å². The standard InChI is InChI=1S/C21H27ClN4O5.C4H10.C2H6/c1-4-23-20(29)12(2)8-15(17(27)10-22)26-19(28)11-24-21(30)16-9-13-14(25-16)6-5-7-18(13)31-3;1-4(2)3;1-2/h5-7,9,12,15,25H,4,8,10-11H2,1-3H3,(H,23,29)(H,24,30)(H,26,28);4H,1-3H3;1-2H3/t12-,15-;;/m0../s1. The van der Waals surface area contributed by atoms with Gasteiger partial charge < -0.3 is 25.7 Å². The molecule has 2 rings (SSSR count). The number of amides is 3. The van der Waals surface area contributed by atoms with Crippen molar-refractivity contribution < 1.29 is 23.9 Å². The molecule has 3 amide bonds. The number of nitrogens with one attached hydrogen (secondary N) is 4. The number of fused-ring (bicyclic) bond motifs is 1. The Balaban J connectivity index is 0.00000196. The van der Waals surface area contributed by atoms with E-state index < -0.39 is 29.6 Å². The third kappa shape index (κ3) is 12.1. The molecule has 0 aliphatic carbocycles. The number of alkyl halides is 1. The minimum absolute atomic E-state index is 0.110. The highest BCUT2D eigenvalue weighted by molar-refractivity contribution is 6.28. The third-order valence-electron chi connectivity index (χ3n) is 4.74. The van der Waals surface area contributed by atoms with Crippen LogP contribution in [0.5, 0.6) is 5.75 Å². The lowest BCUT2D eigenvalue weighted by atomic mass is 9.98. The molecule has 0 fully saturated rings. The number of halogens is 1. The highest BCUT2D eigenvalue weighted by atomic mass is 35.5. The van der Waals surface area contributed by atoms with Gasteiger partial charge in [0.25, 0.3) is 5.91 Å². The minimum atomic E-state index is -0.920. The van der Waals surface area contributed by atoms with E-state index in [0.717, 1.165) is 16.8 Å². The monoisotopic (exact) mass is 538 g/mol. The number of carbonyl (C=O) groups excluding carboxylic acids is 4. The van der Waals surface area contributed by atoms with E-state index >= 15 is 0 Å². The number of carbonyl (C=O) groups is 4. The fourth-order valence-electron chi connectivity index (χ4n) is 3.10. The van der Waals surface area contributed by atoms with Crippen molar-refractivity contribution in [1.82, 2.24) is 20.9 Å². The molecule has 2 atom stereocenters. The second-order valence-corrected chi connectivity index (χ2v) is 9.04. The number of H-pyrrole nitrogens is 1. The van der Waals surface area contributed by atoms with Crippen LogP contribution in [0, 0.1) is 11.8 Å². The van der Waals surface area contributed by atoms with Crippen molar-refractivity contribution in [1.29, 1.82) is 0 Å². The molecule has 2 aromatic rings. The molecule has 37 heavy (non-hydrogen) atoms. The van der Waals surface area contributed by atoms with E-state index in [2.05, 4.69) is 41.7 Å². The molecule has 1 heterocycles. The summed E-state index contributed by atoms with van der Waals surface area (Å²) in [6.07, 6.45) is 0.110. The molecule has 0 bridgehead atoms.